The summed E-state index contributed by atoms with van der Waals surface area (Å²) in [7, 11) is -4.46. The third kappa shape index (κ3) is 10.4. The van der Waals surface area contributed by atoms with Crippen LogP contribution in [0.2, 0.25) is 0 Å². The molecule has 0 saturated heterocycles. The summed E-state index contributed by atoms with van der Waals surface area (Å²) in [6.45, 7) is 2.22. The van der Waals surface area contributed by atoms with Crippen LogP contribution in [0.4, 0.5) is 0 Å². The first-order valence-electron chi connectivity index (χ1n) is 11.0. The second-order valence-corrected chi connectivity index (χ2v) is 9.12. The molecule has 0 fully saturated rings. The Balaban J connectivity index is 0.00000480. The topological polar surface area (TPSA) is 86.7 Å². The Morgan fingerprint density at radius 2 is 1.42 bits per heavy atom. The van der Waals surface area contributed by atoms with E-state index in [0.29, 0.717) is 17.7 Å². The molecule has 0 bridgehead atoms. The molecule has 0 atom stereocenters. The van der Waals surface area contributed by atoms with Crippen LogP contribution in [0.3, 0.4) is 0 Å². The minimum absolute atomic E-state index is 0. The molecule has 0 unspecified atom stereocenters. The normalized spacial score (nSPS) is 11.2. The number of para-hydroxylation sites is 1. The molecular weight excluding hydrogens is 423 g/mol. The summed E-state index contributed by atoms with van der Waals surface area (Å²) < 4.78 is 38.6. The van der Waals surface area contributed by atoms with Gasteiger partial charge in [0.2, 0.25) is 0 Å². The van der Waals surface area contributed by atoms with Crippen LogP contribution < -0.4 is 39.4 Å². The van der Waals surface area contributed by atoms with Gasteiger partial charge in [-0.15, -0.1) is 0 Å². The number of benzene rings is 2. The molecule has 2 rings (SSSR count). The van der Waals surface area contributed by atoms with Gasteiger partial charge in [-0.2, -0.15) is 8.42 Å². The zero-order chi connectivity index (χ0) is 21.8. The van der Waals surface area contributed by atoms with Crippen LogP contribution in [0, 0.1) is 0 Å². The Kier molecular flexibility index (Phi) is 13.5. The first-order chi connectivity index (χ1) is 14.4. The van der Waals surface area contributed by atoms with Gasteiger partial charge in [0.1, 0.15) is 11.5 Å². The molecule has 0 radical (unpaired) electrons. The van der Waals surface area contributed by atoms with Crippen molar-refractivity contribution >= 4 is 10.1 Å². The number of aryl methyl sites for hydroxylation is 1. The van der Waals surface area contributed by atoms with E-state index < -0.39 is 15.9 Å². The van der Waals surface area contributed by atoms with Crippen molar-refractivity contribution in [1.29, 1.82) is 0 Å². The van der Waals surface area contributed by atoms with Gasteiger partial charge in [-0.1, -0.05) is 88.7 Å². The minimum atomic E-state index is -4.46. The molecule has 0 amide bonds. The molecule has 7 heteroatoms. The van der Waals surface area contributed by atoms with Crippen molar-refractivity contribution in [1.82, 2.24) is 0 Å². The summed E-state index contributed by atoms with van der Waals surface area (Å²) in [6.07, 6.45) is 12.2. The fourth-order valence-corrected chi connectivity index (χ4v) is 4.27. The summed E-state index contributed by atoms with van der Waals surface area (Å²) in [5.74, 6) is -0.00641. The molecule has 0 saturated carbocycles. The third-order valence-corrected chi connectivity index (χ3v) is 6.11. The van der Waals surface area contributed by atoms with Crippen molar-refractivity contribution in [3.05, 3.63) is 48.0 Å². The number of rotatable bonds is 14. The molecule has 0 aliphatic rings. The Labute approximate surface area is 209 Å². The smallest absolute Gasteiger partial charge is 0.870 e. The number of unbranched alkanes of at least 4 members (excludes halogenated alkanes) is 9. The Hall–Kier alpha value is -1.05. The molecule has 166 valence electrons. The van der Waals surface area contributed by atoms with Crippen molar-refractivity contribution in [2.75, 3.05) is 0 Å². The maximum Gasteiger partial charge on any atom is 1.00 e. The predicted molar refractivity (Wildman–Crippen MR) is 118 cm³/mol. The summed E-state index contributed by atoms with van der Waals surface area (Å²) in [6, 6.07) is 11.3. The van der Waals surface area contributed by atoms with Crippen LogP contribution in [0.5, 0.6) is 17.2 Å². The maximum atomic E-state index is 12.3. The molecule has 0 heterocycles. The first kappa shape index (κ1) is 28.0. The number of hydrogen-bond donors (Lipinski definition) is 1. The van der Waals surface area contributed by atoms with Crippen LogP contribution >= 0.6 is 0 Å². The first-order valence-corrected chi connectivity index (χ1v) is 12.4. The largest absolute Gasteiger partial charge is 1.00 e. The summed E-state index contributed by atoms with van der Waals surface area (Å²) in [5, 5.41) is 12.3. The standard InChI is InChI=1S/C24H34O5S.Na/c1-2-3-4-5-6-7-8-9-10-12-15-20-18-23(29-21-16-13-11-14-17-21)22(25)19-24(20)30(26,27)28;/h11,13-14,16-19,25H,2-10,12,15H2,1H3,(H,26,27,28);/q;+1/p-1. The van der Waals surface area contributed by atoms with Gasteiger partial charge in [-0.25, -0.2) is 0 Å². The fourth-order valence-electron chi connectivity index (χ4n) is 3.52. The SMILES string of the molecule is CCCCCCCCCCCCc1cc(Oc2ccccc2)c([O-])cc1S(=O)(=O)O.[Na+]. The van der Waals surface area contributed by atoms with Crippen LogP contribution in [0.1, 0.15) is 76.7 Å². The van der Waals surface area contributed by atoms with E-state index in [1.807, 2.05) is 6.07 Å². The summed E-state index contributed by atoms with van der Waals surface area (Å²) >= 11 is 0. The van der Waals surface area contributed by atoms with E-state index in [1.165, 1.54) is 51.0 Å². The van der Waals surface area contributed by atoms with E-state index in [4.69, 9.17) is 4.74 Å². The second kappa shape index (κ2) is 14.9. The predicted octanol–water partition coefficient (Wildman–Crippen LogP) is 3.27. The van der Waals surface area contributed by atoms with E-state index in [1.54, 1.807) is 24.3 Å². The van der Waals surface area contributed by atoms with Crippen molar-refractivity contribution < 1.29 is 52.4 Å². The molecule has 0 aliphatic heterocycles. The summed E-state index contributed by atoms with van der Waals surface area (Å²) in [4.78, 5) is -0.316. The van der Waals surface area contributed by atoms with Gasteiger partial charge in [0.05, 0.1) is 4.90 Å². The monoisotopic (exact) mass is 456 g/mol. The van der Waals surface area contributed by atoms with E-state index in [2.05, 4.69) is 6.92 Å². The molecule has 0 aromatic heterocycles. The number of hydrogen-bond acceptors (Lipinski definition) is 4. The van der Waals surface area contributed by atoms with E-state index >= 15 is 0 Å². The van der Waals surface area contributed by atoms with Gasteiger partial charge in [-0.05, 0) is 42.7 Å². The average Bonchev–Trinajstić information content (AvgIpc) is 2.71. The second-order valence-electron chi connectivity index (χ2n) is 7.73. The van der Waals surface area contributed by atoms with Crippen LogP contribution in [-0.2, 0) is 16.5 Å². The van der Waals surface area contributed by atoms with Crippen LogP contribution in [-0.4, -0.2) is 13.0 Å². The molecule has 2 aromatic carbocycles. The molecule has 0 spiro atoms. The zero-order valence-electron chi connectivity index (χ0n) is 18.8. The van der Waals surface area contributed by atoms with E-state index in [-0.39, 0.29) is 40.2 Å². The van der Waals surface area contributed by atoms with Gasteiger partial charge in [-0.3, -0.25) is 4.55 Å². The van der Waals surface area contributed by atoms with Crippen LogP contribution in [0.25, 0.3) is 0 Å². The maximum absolute atomic E-state index is 12.3. The Morgan fingerprint density at radius 1 is 0.871 bits per heavy atom. The van der Waals surface area contributed by atoms with E-state index in [9.17, 15) is 18.1 Å². The molecule has 0 aliphatic carbocycles. The van der Waals surface area contributed by atoms with Crippen molar-refractivity contribution in [2.45, 2.75) is 82.4 Å². The molecular formula is C24H33NaO5S. The molecule has 5 nitrogen and oxygen atoms in total. The summed E-state index contributed by atoms with van der Waals surface area (Å²) in [5.41, 5.74) is 0.419. The van der Waals surface area contributed by atoms with Gasteiger partial charge in [0.25, 0.3) is 10.1 Å². The Bertz CT molecular complexity index is 869. The quantitative estimate of drug-likeness (QED) is 0.268. The van der Waals surface area contributed by atoms with Gasteiger partial charge < -0.3 is 9.84 Å². The third-order valence-electron chi connectivity index (χ3n) is 5.18. The number of ether oxygens (including phenoxy) is 1. The molecule has 2 aromatic rings. The van der Waals surface area contributed by atoms with Gasteiger partial charge in [0, 0.05) is 0 Å². The fraction of sp³-hybridized carbons (Fsp3) is 0.500. The van der Waals surface area contributed by atoms with Gasteiger partial charge >= 0.3 is 29.6 Å². The van der Waals surface area contributed by atoms with Gasteiger partial charge in [0.15, 0.2) is 0 Å². The van der Waals surface area contributed by atoms with Crippen molar-refractivity contribution in [3.8, 4) is 17.2 Å². The van der Waals surface area contributed by atoms with Crippen LogP contribution in [0.15, 0.2) is 47.4 Å². The Morgan fingerprint density at radius 3 is 1.97 bits per heavy atom. The van der Waals surface area contributed by atoms with E-state index in [0.717, 1.165) is 25.3 Å². The zero-order valence-corrected chi connectivity index (χ0v) is 21.6. The van der Waals surface area contributed by atoms with Crippen molar-refractivity contribution in [2.24, 2.45) is 0 Å². The molecule has 1 N–H and O–H groups in total. The average molecular weight is 457 g/mol. The van der Waals surface area contributed by atoms with Crippen molar-refractivity contribution in [3.63, 3.8) is 0 Å². The molecule has 31 heavy (non-hydrogen) atoms. The minimum Gasteiger partial charge on any atom is -0.870 e.